The number of carbonyl (C=O) groups is 2. The van der Waals surface area contributed by atoms with Crippen molar-refractivity contribution in [3.8, 4) is 0 Å². The van der Waals surface area contributed by atoms with Crippen LogP contribution in [0.3, 0.4) is 0 Å². The minimum absolute atomic E-state index is 0.198. The summed E-state index contributed by atoms with van der Waals surface area (Å²) in [7, 11) is 0. The van der Waals surface area contributed by atoms with Crippen LogP contribution in [-0.2, 0) is 19.7 Å². The number of hydrogen-bond acceptors (Lipinski definition) is 3. The van der Waals surface area contributed by atoms with Crippen LogP contribution in [0.4, 0.5) is 0 Å². The number of rotatable bonds is 6. The predicted molar refractivity (Wildman–Crippen MR) is 87.4 cm³/mol. The first kappa shape index (κ1) is 17.5. The van der Waals surface area contributed by atoms with Crippen molar-refractivity contribution in [3.05, 3.63) is 35.4 Å². The molecule has 0 aliphatic carbocycles. The van der Waals surface area contributed by atoms with E-state index in [0.29, 0.717) is 38.9 Å². The largest absolute Gasteiger partial charge is 0.480 e. The molecule has 1 aliphatic rings. The van der Waals surface area contributed by atoms with Gasteiger partial charge in [-0.15, -0.1) is 0 Å². The molecule has 5 nitrogen and oxygen atoms in total. The minimum atomic E-state index is -0.979. The Morgan fingerprint density at radius 1 is 1.30 bits per heavy atom. The summed E-state index contributed by atoms with van der Waals surface area (Å²) in [6.45, 7) is 4.91. The van der Waals surface area contributed by atoms with Crippen LogP contribution in [0.1, 0.15) is 43.7 Å². The summed E-state index contributed by atoms with van der Waals surface area (Å²) in [5, 5.41) is 12.1. The van der Waals surface area contributed by atoms with E-state index in [4.69, 9.17) is 4.74 Å². The highest BCUT2D eigenvalue weighted by atomic mass is 16.5. The van der Waals surface area contributed by atoms with Crippen LogP contribution in [0, 0.1) is 6.92 Å². The molecular formula is C18H25NO4. The molecule has 1 amide bonds. The first-order valence-corrected chi connectivity index (χ1v) is 8.19. The van der Waals surface area contributed by atoms with Crippen LogP contribution in [0.25, 0.3) is 0 Å². The zero-order valence-corrected chi connectivity index (χ0v) is 13.8. The van der Waals surface area contributed by atoms with Gasteiger partial charge in [0.15, 0.2) is 0 Å². The standard InChI is InChI=1S/C18H25NO4/c1-3-6-15(16(20)21)19-17(22)18(9-11-23-12-10-18)14-8-5-4-7-13(14)2/h4-5,7-8,15H,3,6,9-12H2,1-2H3,(H,19,22)(H,20,21). The number of amides is 1. The number of aliphatic carboxylic acids is 1. The fourth-order valence-corrected chi connectivity index (χ4v) is 3.29. The van der Waals surface area contributed by atoms with E-state index in [9.17, 15) is 14.7 Å². The lowest BCUT2D eigenvalue weighted by Crippen LogP contribution is -2.53. The van der Waals surface area contributed by atoms with Gasteiger partial charge in [0.2, 0.25) is 5.91 Å². The Balaban J connectivity index is 2.33. The summed E-state index contributed by atoms with van der Waals surface area (Å²) in [5.41, 5.74) is 1.32. The number of carboxylic acid groups (broad SMARTS) is 1. The Labute approximate surface area is 137 Å². The van der Waals surface area contributed by atoms with E-state index in [1.165, 1.54) is 0 Å². The zero-order valence-electron chi connectivity index (χ0n) is 13.8. The van der Waals surface area contributed by atoms with Crippen LogP contribution >= 0.6 is 0 Å². The molecule has 1 aromatic carbocycles. The summed E-state index contributed by atoms with van der Waals surface area (Å²) in [6.07, 6.45) is 2.28. The van der Waals surface area contributed by atoms with Gasteiger partial charge in [0.05, 0.1) is 5.41 Å². The number of benzene rings is 1. The van der Waals surface area contributed by atoms with Crippen molar-refractivity contribution in [2.75, 3.05) is 13.2 Å². The average Bonchev–Trinajstić information content (AvgIpc) is 2.55. The third-order valence-corrected chi connectivity index (χ3v) is 4.62. The van der Waals surface area contributed by atoms with Crippen LogP contribution in [0.5, 0.6) is 0 Å². The summed E-state index contributed by atoms with van der Waals surface area (Å²) < 4.78 is 5.44. The Morgan fingerprint density at radius 2 is 1.96 bits per heavy atom. The number of ether oxygens (including phenoxy) is 1. The second kappa shape index (κ2) is 7.59. The predicted octanol–water partition coefficient (Wildman–Crippen LogP) is 2.41. The molecule has 0 spiro atoms. The van der Waals surface area contributed by atoms with Gasteiger partial charge in [0.25, 0.3) is 0 Å². The van der Waals surface area contributed by atoms with Crippen LogP contribution in [-0.4, -0.2) is 36.2 Å². The number of aryl methyl sites for hydroxylation is 1. The molecule has 1 aliphatic heterocycles. The summed E-state index contributed by atoms with van der Waals surface area (Å²) in [5.74, 6) is -1.18. The van der Waals surface area contributed by atoms with Gasteiger partial charge in [-0.3, -0.25) is 4.79 Å². The normalized spacial score (nSPS) is 18.2. The molecule has 1 unspecified atom stereocenters. The van der Waals surface area contributed by atoms with Crippen molar-refractivity contribution in [1.29, 1.82) is 0 Å². The van der Waals surface area contributed by atoms with Gasteiger partial charge in [-0.1, -0.05) is 37.6 Å². The van der Waals surface area contributed by atoms with E-state index in [0.717, 1.165) is 11.1 Å². The minimum Gasteiger partial charge on any atom is -0.480 e. The molecule has 1 fully saturated rings. The van der Waals surface area contributed by atoms with E-state index in [-0.39, 0.29) is 5.91 Å². The Morgan fingerprint density at radius 3 is 2.52 bits per heavy atom. The lowest BCUT2D eigenvalue weighted by atomic mass is 9.71. The van der Waals surface area contributed by atoms with Crippen molar-refractivity contribution >= 4 is 11.9 Å². The highest BCUT2D eigenvalue weighted by molar-refractivity contribution is 5.92. The van der Waals surface area contributed by atoms with Gasteiger partial charge in [-0.2, -0.15) is 0 Å². The summed E-state index contributed by atoms with van der Waals surface area (Å²) >= 11 is 0. The van der Waals surface area contributed by atoms with Crippen LogP contribution in [0.15, 0.2) is 24.3 Å². The van der Waals surface area contributed by atoms with Crippen molar-refractivity contribution in [3.63, 3.8) is 0 Å². The molecule has 2 rings (SSSR count). The first-order chi connectivity index (χ1) is 11.0. The number of nitrogens with one attached hydrogen (secondary N) is 1. The number of hydrogen-bond donors (Lipinski definition) is 2. The van der Waals surface area contributed by atoms with E-state index < -0.39 is 17.4 Å². The van der Waals surface area contributed by atoms with E-state index in [1.807, 2.05) is 38.1 Å². The first-order valence-electron chi connectivity index (χ1n) is 8.19. The topological polar surface area (TPSA) is 75.6 Å². The molecular weight excluding hydrogens is 294 g/mol. The van der Waals surface area contributed by atoms with E-state index in [2.05, 4.69) is 5.32 Å². The second-order valence-electron chi connectivity index (χ2n) is 6.16. The van der Waals surface area contributed by atoms with Gasteiger partial charge in [-0.25, -0.2) is 4.79 Å². The van der Waals surface area contributed by atoms with Crippen molar-refractivity contribution in [1.82, 2.24) is 5.32 Å². The highest BCUT2D eigenvalue weighted by Gasteiger charge is 2.43. The monoisotopic (exact) mass is 319 g/mol. The van der Waals surface area contributed by atoms with E-state index >= 15 is 0 Å². The quantitative estimate of drug-likeness (QED) is 0.844. The molecule has 0 aromatic heterocycles. The molecule has 1 saturated heterocycles. The third-order valence-electron chi connectivity index (χ3n) is 4.62. The molecule has 23 heavy (non-hydrogen) atoms. The van der Waals surface area contributed by atoms with Gasteiger partial charge in [0, 0.05) is 13.2 Å². The number of carboxylic acids is 1. The summed E-state index contributed by atoms with van der Waals surface area (Å²) in [4.78, 5) is 24.4. The van der Waals surface area contributed by atoms with Crippen LogP contribution < -0.4 is 5.32 Å². The van der Waals surface area contributed by atoms with Crippen molar-refractivity contribution in [2.24, 2.45) is 0 Å². The molecule has 1 atom stereocenters. The summed E-state index contributed by atoms with van der Waals surface area (Å²) in [6, 6.07) is 6.99. The molecule has 0 bridgehead atoms. The molecule has 1 heterocycles. The average molecular weight is 319 g/mol. The second-order valence-corrected chi connectivity index (χ2v) is 6.16. The smallest absolute Gasteiger partial charge is 0.326 e. The molecule has 2 N–H and O–H groups in total. The molecule has 126 valence electrons. The Bertz CT molecular complexity index is 564. The molecule has 0 radical (unpaired) electrons. The van der Waals surface area contributed by atoms with Gasteiger partial charge >= 0.3 is 5.97 Å². The lowest BCUT2D eigenvalue weighted by Gasteiger charge is -2.38. The lowest BCUT2D eigenvalue weighted by molar-refractivity contribution is -0.144. The van der Waals surface area contributed by atoms with Crippen molar-refractivity contribution < 1.29 is 19.4 Å². The van der Waals surface area contributed by atoms with Gasteiger partial charge in [-0.05, 0) is 37.3 Å². The fraction of sp³-hybridized carbons (Fsp3) is 0.556. The van der Waals surface area contributed by atoms with Crippen LogP contribution in [0.2, 0.25) is 0 Å². The SMILES string of the molecule is CCCC(NC(=O)C1(c2ccccc2C)CCOCC1)C(=O)O. The van der Waals surface area contributed by atoms with Gasteiger partial charge in [0.1, 0.15) is 6.04 Å². The fourth-order valence-electron chi connectivity index (χ4n) is 3.29. The molecule has 0 saturated carbocycles. The van der Waals surface area contributed by atoms with E-state index in [1.54, 1.807) is 0 Å². The molecule has 5 heteroatoms. The van der Waals surface area contributed by atoms with Crippen molar-refractivity contribution in [2.45, 2.75) is 51.0 Å². The molecule has 1 aromatic rings. The third kappa shape index (κ3) is 3.72. The number of carbonyl (C=O) groups excluding carboxylic acids is 1. The maximum Gasteiger partial charge on any atom is 0.326 e. The Kier molecular flexibility index (Phi) is 5.77. The highest BCUT2D eigenvalue weighted by Crippen LogP contribution is 2.37. The zero-order chi connectivity index (χ0) is 16.9. The Hall–Kier alpha value is -1.88. The van der Waals surface area contributed by atoms with Gasteiger partial charge < -0.3 is 15.2 Å². The maximum absolute atomic E-state index is 13.0. The maximum atomic E-state index is 13.0.